The Hall–Kier alpha value is -3.13. The first-order valence-electron chi connectivity index (χ1n) is 11.0. The summed E-state index contributed by atoms with van der Waals surface area (Å²) < 4.78 is 0. The number of hydrogen-bond acceptors (Lipinski definition) is 4. The van der Waals surface area contributed by atoms with Gasteiger partial charge < -0.3 is 21.3 Å². The van der Waals surface area contributed by atoms with Gasteiger partial charge in [0.15, 0.2) is 0 Å². The Labute approximate surface area is 189 Å². The third-order valence-corrected chi connectivity index (χ3v) is 6.32. The summed E-state index contributed by atoms with van der Waals surface area (Å²) in [7, 11) is 5.42. The van der Waals surface area contributed by atoms with Crippen molar-refractivity contribution in [2.75, 3.05) is 0 Å². The fraction of sp³-hybridized carbons (Fsp3) is 0.375. The lowest BCUT2D eigenvalue weighted by Gasteiger charge is -2.38. The molecule has 0 bridgehead atoms. The van der Waals surface area contributed by atoms with E-state index < -0.39 is 23.9 Å². The zero-order valence-electron chi connectivity index (χ0n) is 17.8. The number of nitrogens with one attached hydrogen (secondary N) is 2. The number of nitrogens with zero attached hydrogens (tertiary/aromatic N) is 1. The molecule has 4 N–H and O–H groups in total. The molecule has 8 heteroatoms. The predicted molar refractivity (Wildman–Crippen MR) is 121 cm³/mol. The molecule has 4 atom stereocenters. The lowest BCUT2D eigenvalue weighted by Crippen LogP contribution is -2.60. The molecule has 2 aromatic carbocycles. The third kappa shape index (κ3) is 4.55. The average Bonchev–Trinajstić information content (AvgIpc) is 3.25. The number of amides is 3. The van der Waals surface area contributed by atoms with E-state index in [1.807, 2.05) is 60.7 Å². The summed E-state index contributed by atoms with van der Waals surface area (Å²) in [6, 6.07) is 17.9. The van der Waals surface area contributed by atoms with Crippen molar-refractivity contribution in [1.82, 2.24) is 15.5 Å². The number of carbonyl (C=O) groups is 3. The van der Waals surface area contributed by atoms with Crippen LogP contribution in [0.25, 0.3) is 0 Å². The Bertz CT molecular complexity index is 930. The molecule has 2 aliphatic heterocycles. The monoisotopic (exact) mass is 430 g/mol. The maximum atomic E-state index is 13.4. The van der Waals surface area contributed by atoms with Crippen molar-refractivity contribution in [3.05, 3.63) is 71.8 Å². The molecule has 3 amide bonds. The van der Waals surface area contributed by atoms with E-state index in [-0.39, 0.29) is 23.9 Å². The molecule has 2 radical (unpaired) electrons. The van der Waals surface area contributed by atoms with Gasteiger partial charge in [-0.3, -0.25) is 14.4 Å². The molecule has 2 fully saturated rings. The zero-order chi connectivity index (χ0) is 22.7. The highest BCUT2D eigenvalue weighted by Crippen LogP contribution is 2.33. The van der Waals surface area contributed by atoms with Crippen LogP contribution in [0.2, 0.25) is 0 Å². The Balaban J connectivity index is 1.53. The van der Waals surface area contributed by atoms with Gasteiger partial charge >= 0.3 is 0 Å². The SMILES string of the molecule is [B][C@H](N)C(=O)N[C@H]1CCC2CC[C@@H](C(=O)NC(c3ccccc3)c3ccccc3)N2C1=O. The molecule has 2 heterocycles. The van der Waals surface area contributed by atoms with Crippen LogP contribution >= 0.6 is 0 Å². The second-order valence-electron chi connectivity index (χ2n) is 8.42. The minimum absolute atomic E-state index is 0.00449. The molecule has 32 heavy (non-hydrogen) atoms. The van der Waals surface area contributed by atoms with Gasteiger partial charge in [0.25, 0.3) is 0 Å². The first-order valence-corrected chi connectivity index (χ1v) is 11.0. The van der Waals surface area contributed by atoms with Crippen LogP contribution in [-0.4, -0.2) is 54.5 Å². The van der Waals surface area contributed by atoms with E-state index in [0.717, 1.165) is 24.0 Å². The van der Waals surface area contributed by atoms with Crippen molar-refractivity contribution in [1.29, 1.82) is 0 Å². The number of fused-ring (bicyclic) bond motifs is 1. The van der Waals surface area contributed by atoms with Gasteiger partial charge in [0.2, 0.25) is 17.7 Å². The maximum absolute atomic E-state index is 13.4. The lowest BCUT2D eigenvalue weighted by molar-refractivity contribution is -0.146. The fourth-order valence-electron chi connectivity index (χ4n) is 4.71. The van der Waals surface area contributed by atoms with Crippen molar-refractivity contribution in [3.8, 4) is 0 Å². The van der Waals surface area contributed by atoms with Crippen LogP contribution in [0.5, 0.6) is 0 Å². The molecular formula is C24H27BN4O3. The second kappa shape index (κ2) is 9.57. The minimum atomic E-state index is -1.18. The Morgan fingerprint density at radius 2 is 1.50 bits per heavy atom. The van der Waals surface area contributed by atoms with Crippen molar-refractivity contribution in [2.24, 2.45) is 5.73 Å². The minimum Gasteiger partial charge on any atom is -0.344 e. The van der Waals surface area contributed by atoms with Crippen LogP contribution in [0.15, 0.2) is 60.7 Å². The highest BCUT2D eigenvalue weighted by Gasteiger charge is 2.46. The largest absolute Gasteiger partial charge is 0.344 e. The van der Waals surface area contributed by atoms with Gasteiger partial charge in [-0.15, -0.1) is 0 Å². The first kappa shape index (κ1) is 22.1. The summed E-state index contributed by atoms with van der Waals surface area (Å²) in [5, 5.41) is 5.78. The number of nitrogens with two attached hydrogens (primary N) is 1. The Morgan fingerprint density at radius 1 is 0.938 bits per heavy atom. The molecule has 0 aromatic heterocycles. The predicted octanol–water partition coefficient (Wildman–Crippen LogP) is 0.984. The topological polar surface area (TPSA) is 105 Å². The van der Waals surface area contributed by atoms with Crippen molar-refractivity contribution in [3.63, 3.8) is 0 Å². The molecule has 4 rings (SSSR count). The quantitative estimate of drug-likeness (QED) is 0.595. The van der Waals surface area contributed by atoms with E-state index in [9.17, 15) is 14.4 Å². The van der Waals surface area contributed by atoms with Gasteiger partial charge in [0.05, 0.1) is 6.04 Å². The first-order chi connectivity index (χ1) is 15.5. The van der Waals surface area contributed by atoms with Crippen LogP contribution in [-0.2, 0) is 14.4 Å². The maximum Gasteiger partial charge on any atom is 0.246 e. The summed E-state index contributed by atoms with van der Waals surface area (Å²) >= 11 is 0. The average molecular weight is 430 g/mol. The number of piperidine rings is 1. The third-order valence-electron chi connectivity index (χ3n) is 6.32. The van der Waals surface area contributed by atoms with Crippen molar-refractivity contribution < 1.29 is 14.4 Å². The number of rotatable bonds is 6. The molecule has 2 saturated heterocycles. The van der Waals surface area contributed by atoms with Crippen molar-refractivity contribution in [2.45, 2.75) is 55.8 Å². The van der Waals surface area contributed by atoms with Crippen LogP contribution in [0.1, 0.15) is 42.9 Å². The van der Waals surface area contributed by atoms with E-state index in [2.05, 4.69) is 10.6 Å². The van der Waals surface area contributed by atoms with Crippen LogP contribution in [0.4, 0.5) is 0 Å². The van der Waals surface area contributed by atoms with Crippen molar-refractivity contribution >= 4 is 25.6 Å². The number of carbonyl (C=O) groups excluding carboxylic acids is 3. The Kier molecular flexibility index (Phi) is 6.60. The fourth-order valence-corrected chi connectivity index (χ4v) is 4.71. The zero-order valence-corrected chi connectivity index (χ0v) is 17.8. The smallest absolute Gasteiger partial charge is 0.246 e. The molecular weight excluding hydrogens is 403 g/mol. The molecule has 7 nitrogen and oxygen atoms in total. The highest BCUT2D eigenvalue weighted by atomic mass is 16.2. The molecule has 1 unspecified atom stereocenters. The number of hydrogen-bond donors (Lipinski definition) is 3. The van der Waals surface area contributed by atoms with Gasteiger partial charge in [-0.05, 0) is 36.8 Å². The molecule has 164 valence electrons. The highest BCUT2D eigenvalue weighted by molar-refractivity contribution is 6.23. The molecule has 0 aliphatic carbocycles. The number of benzene rings is 2. The summed E-state index contributed by atoms with van der Waals surface area (Å²) in [4.78, 5) is 40.1. The molecule has 2 aromatic rings. The van der Waals surface area contributed by atoms with Crippen LogP contribution < -0.4 is 16.4 Å². The standard InChI is InChI=1S/C24H27BN4O3/c25-21(26)23(31)27-18-13-11-17-12-14-19(29(17)24(18)32)22(30)28-20(15-7-3-1-4-8-15)16-9-5-2-6-10-16/h1-10,17-21H,11-14,26H2,(H,27,31)(H,28,30)/t17?,18-,19-,21+/m0/s1. The molecule has 0 spiro atoms. The van der Waals surface area contributed by atoms with Gasteiger partial charge in [0.1, 0.15) is 19.9 Å². The summed E-state index contributed by atoms with van der Waals surface area (Å²) in [6.07, 6.45) is 2.60. The van der Waals surface area contributed by atoms with E-state index >= 15 is 0 Å². The lowest BCUT2D eigenvalue weighted by atomic mass is 9.94. The normalized spacial score (nSPS) is 23.5. The van der Waals surface area contributed by atoms with Gasteiger partial charge in [-0.1, -0.05) is 60.7 Å². The summed E-state index contributed by atoms with van der Waals surface area (Å²) in [6.45, 7) is 0. The van der Waals surface area contributed by atoms with E-state index in [4.69, 9.17) is 13.6 Å². The van der Waals surface area contributed by atoms with E-state index in [1.165, 1.54) is 0 Å². The Morgan fingerprint density at radius 3 is 2.06 bits per heavy atom. The summed E-state index contributed by atoms with van der Waals surface area (Å²) in [5.74, 6) is -2.20. The second-order valence-corrected chi connectivity index (χ2v) is 8.42. The van der Waals surface area contributed by atoms with Gasteiger partial charge in [0, 0.05) is 12.0 Å². The van der Waals surface area contributed by atoms with E-state index in [1.54, 1.807) is 4.90 Å². The van der Waals surface area contributed by atoms with Crippen LogP contribution in [0, 0.1) is 0 Å². The summed E-state index contributed by atoms with van der Waals surface area (Å²) in [5.41, 5.74) is 7.36. The van der Waals surface area contributed by atoms with Gasteiger partial charge in [-0.25, -0.2) is 0 Å². The van der Waals surface area contributed by atoms with E-state index in [0.29, 0.717) is 12.8 Å². The molecule has 2 aliphatic rings. The van der Waals surface area contributed by atoms with Crippen LogP contribution in [0.3, 0.4) is 0 Å². The van der Waals surface area contributed by atoms with Gasteiger partial charge in [-0.2, -0.15) is 0 Å². The molecule has 0 saturated carbocycles.